The fourth-order valence-electron chi connectivity index (χ4n) is 2.65. The maximum Gasteiger partial charge on any atom is 0.221 e. The molecule has 106 valence electrons. The molecule has 4 atom stereocenters. The van der Waals surface area contributed by atoms with Gasteiger partial charge in [-0.1, -0.05) is 34.6 Å². The van der Waals surface area contributed by atoms with Gasteiger partial charge >= 0.3 is 0 Å². The molecule has 0 aromatic rings. The summed E-state index contributed by atoms with van der Waals surface area (Å²) in [6.45, 7) is 10.8. The molecule has 1 aliphatic rings. The second kappa shape index (κ2) is 6.05. The van der Waals surface area contributed by atoms with Crippen LogP contribution < -0.4 is 11.1 Å². The largest absolute Gasteiger partial charge is 0.353 e. The molecule has 1 rings (SSSR count). The minimum atomic E-state index is -0.0738. The Bertz CT molecular complexity index is 283. The third kappa shape index (κ3) is 4.60. The lowest BCUT2D eigenvalue weighted by molar-refractivity contribution is -0.123. The van der Waals surface area contributed by atoms with E-state index in [1.807, 2.05) is 0 Å². The van der Waals surface area contributed by atoms with E-state index in [9.17, 15) is 4.79 Å². The van der Waals surface area contributed by atoms with Crippen LogP contribution in [-0.2, 0) is 4.79 Å². The molecule has 1 fully saturated rings. The highest BCUT2D eigenvalue weighted by atomic mass is 16.1. The lowest BCUT2D eigenvalue weighted by Gasteiger charge is -2.34. The van der Waals surface area contributed by atoms with Crippen molar-refractivity contribution >= 4 is 5.91 Å². The molecule has 3 heteroatoms. The summed E-state index contributed by atoms with van der Waals surface area (Å²) in [4.78, 5) is 12.0. The molecule has 0 spiro atoms. The molecule has 0 saturated heterocycles. The summed E-state index contributed by atoms with van der Waals surface area (Å²) in [6.07, 6.45) is 3.98. The van der Waals surface area contributed by atoms with Gasteiger partial charge in [0.05, 0.1) is 0 Å². The van der Waals surface area contributed by atoms with Crippen molar-refractivity contribution in [1.29, 1.82) is 0 Å². The highest BCUT2D eigenvalue weighted by Gasteiger charge is 2.28. The van der Waals surface area contributed by atoms with Crippen LogP contribution in [0.25, 0.3) is 0 Å². The van der Waals surface area contributed by atoms with E-state index in [1.165, 1.54) is 12.8 Å². The normalized spacial score (nSPS) is 30.9. The van der Waals surface area contributed by atoms with Crippen molar-refractivity contribution in [2.75, 3.05) is 0 Å². The summed E-state index contributed by atoms with van der Waals surface area (Å²) in [7, 11) is 0. The van der Waals surface area contributed by atoms with Crippen LogP contribution in [0, 0.1) is 17.3 Å². The highest BCUT2D eigenvalue weighted by Crippen LogP contribution is 2.28. The monoisotopic (exact) mass is 254 g/mol. The van der Waals surface area contributed by atoms with Crippen molar-refractivity contribution in [3.05, 3.63) is 0 Å². The average Bonchev–Trinajstić information content (AvgIpc) is 2.20. The molecule has 4 unspecified atom stereocenters. The lowest BCUT2D eigenvalue weighted by atomic mass is 9.79. The number of rotatable bonds is 3. The first-order chi connectivity index (χ1) is 8.20. The molecule has 1 aliphatic carbocycles. The van der Waals surface area contributed by atoms with Crippen LogP contribution in [0.4, 0.5) is 0 Å². The third-order valence-corrected chi connectivity index (χ3v) is 4.30. The first-order valence-corrected chi connectivity index (χ1v) is 7.25. The van der Waals surface area contributed by atoms with E-state index in [-0.39, 0.29) is 17.4 Å². The number of carbonyl (C=O) groups is 1. The first kappa shape index (κ1) is 15.5. The lowest BCUT2D eigenvalue weighted by Crippen LogP contribution is -2.46. The Hall–Kier alpha value is -0.570. The van der Waals surface area contributed by atoms with Gasteiger partial charge in [0.1, 0.15) is 0 Å². The molecule has 0 aromatic heterocycles. The zero-order chi connectivity index (χ0) is 13.9. The zero-order valence-corrected chi connectivity index (χ0v) is 12.6. The number of hydrogen-bond donors (Lipinski definition) is 2. The van der Waals surface area contributed by atoms with E-state index in [4.69, 9.17) is 5.73 Å². The summed E-state index contributed by atoms with van der Waals surface area (Å²) in [5.41, 5.74) is 6.04. The maximum atomic E-state index is 12.0. The Kier molecular flexibility index (Phi) is 5.20. The van der Waals surface area contributed by atoms with Crippen LogP contribution in [0.3, 0.4) is 0 Å². The molecule has 3 N–H and O–H groups in total. The molecule has 3 nitrogen and oxygen atoms in total. The molecule has 0 aliphatic heterocycles. The second-order valence-corrected chi connectivity index (χ2v) is 7.25. The molecule has 0 bridgehead atoms. The molecule has 0 heterocycles. The average molecular weight is 254 g/mol. The van der Waals surface area contributed by atoms with Gasteiger partial charge in [0.15, 0.2) is 0 Å². The van der Waals surface area contributed by atoms with Crippen LogP contribution in [0.15, 0.2) is 0 Å². The van der Waals surface area contributed by atoms with Crippen LogP contribution in [0.5, 0.6) is 0 Å². The van der Waals surface area contributed by atoms with Gasteiger partial charge in [-0.15, -0.1) is 0 Å². The van der Waals surface area contributed by atoms with Crippen LogP contribution in [0.2, 0.25) is 0 Å². The zero-order valence-electron chi connectivity index (χ0n) is 12.6. The van der Waals surface area contributed by atoms with E-state index < -0.39 is 0 Å². The second-order valence-electron chi connectivity index (χ2n) is 7.25. The maximum absolute atomic E-state index is 12.0. The summed E-state index contributed by atoms with van der Waals surface area (Å²) in [5, 5.41) is 3.17. The van der Waals surface area contributed by atoms with E-state index in [2.05, 4.69) is 39.9 Å². The van der Waals surface area contributed by atoms with Crippen molar-refractivity contribution in [2.45, 2.75) is 72.4 Å². The van der Waals surface area contributed by atoms with Crippen molar-refractivity contribution < 1.29 is 4.79 Å². The minimum absolute atomic E-state index is 0.00989. The fourth-order valence-corrected chi connectivity index (χ4v) is 2.65. The fraction of sp³-hybridized carbons (Fsp3) is 0.933. The van der Waals surface area contributed by atoms with Crippen molar-refractivity contribution in [1.82, 2.24) is 5.32 Å². The van der Waals surface area contributed by atoms with Gasteiger partial charge in [0.2, 0.25) is 5.91 Å². The number of carbonyl (C=O) groups excluding carboxylic acids is 1. The summed E-state index contributed by atoms with van der Waals surface area (Å²) in [6, 6.07) is 0.274. The van der Waals surface area contributed by atoms with Gasteiger partial charge in [-0.3, -0.25) is 4.79 Å². The third-order valence-electron chi connectivity index (χ3n) is 4.30. The Morgan fingerprint density at radius 1 is 1.33 bits per heavy atom. The Labute approximate surface area is 112 Å². The van der Waals surface area contributed by atoms with E-state index in [1.54, 1.807) is 0 Å². The molecule has 1 amide bonds. The molecule has 0 radical (unpaired) electrons. The topological polar surface area (TPSA) is 55.1 Å². The van der Waals surface area contributed by atoms with Crippen LogP contribution in [-0.4, -0.2) is 18.0 Å². The number of amides is 1. The SMILES string of the molecule is CC1CCC(NC(=O)CC(N)C(C)(C)C)C(C)C1. The smallest absolute Gasteiger partial charge is 0.221 e. The van der Waals surface area contributed by atoms with E-state index >= 15 is 0 Å². The molecule has 1 saturated carbocycles. The van der Waals surface area contributed by atoms with Crippen molar-refractivity contribution in [3.8, 4) is 0 Å². The molecular weight excluding hydrogens is 224 g/mol. The van der Waals surface area contributed by atoms with Crippen molar-refractivity contribution in [2.24, 2.45) is 23.0 Å². The summed E-state index contributed by atoms with van der Waals surface area (Å²) >= 11 is 0. The van der Waals surface area contributed by atoms with Gasteiger partial charge in [-0.05, 0) is 36.5 Å². The van der Waals surface area contributed by atoms with Crippen molar-refractivity contribution in [3.63, 3.8) is 0 Å². The molecule has 0 aromatic carbocycles. The first-order valence-electron chi connectivity index (χ1n) is 7.25. The number of nitrogens with two attached hydrogens (primary N) is 1. The van der Waals surface area contributed by atoms with Gasteiger partial charge < -0.3 is 11.1 Å². The summed E-state index contributed by atoms with van der Waals surface area (Å²) < 4.78 is 0. The number of hydrogen-bond acceptors (Lipinski definition) is 2. The Morgan fingerprint density at radius 2 is 1.94 bits per heavy atom. The predicted molar refractivity (Wildman–Crippen MR) is 76.2 cm³/mol. The highest BCUT2D eigenvalue weighted by molar-refractivity contribution is 5.77. The molecule has 18 heavy (non-hydrogen) atoms. The Balaban J connectivity index is 2.41. The molecular formula is C15H30N2O. The van der Waals surface area contributed by atoms with Gasteiger partial charge in [0.25, 0.3) is 0 Å². The van der Waals surface area contributed by atoms with Crippen LogP contribution in [0.1, 0.15) is 60.3 Å². The van der Waals surface area contributed by atoms with E-state index in [0.29, 0.717) is 18.4 Å². The van der Waals surface area contributed by atoms with Gasteiger partial charge in [-0.25, -0.2) is 0 Å². The Morgan fingerprint density at radius 3 is 2.44 bits per heavy atom. The standard InChI is InChI=1S/C15H30N2O/c1-10-6-7-12(11(2)8-10)17-14(18)9-13(16)15(3,4)5/h10-13H,6-9,16H2,1-5H3,(H,17,18). The quantitative estimate of drug-likeness (QED) is 0.813. The van der Waals surface area contributed by atoms with Crippen LogP contribution >= 0.6 is 0 Å². The summed E-state index contributed by atoms with van der Waals surface area (Å²) in [5.74, 6) is 1.50. The van der Waals surface area contributed by atoms with Gasteiger partial charge in [0, 0.05) is 18.5 Å². The predicted octanol–water partition coefficient (Wildman–Crippen LogP) is 2.69. The van der Waals surface area contributed by atoms with Gasteiger partial charge in [-0.2, -0.15) is 0 Å². The van der Waals surface area contributed by atoms with E-state index in [0.717, 1.165) is 12.3 Å². The number of nitrogens with one attached hydrogen (secondary N) is 1. The minimum Gasteiger partial charge on any atom is -0.353 e.